The fourth-order valence-electron chi connectivity index (χ4n) is 2.82. The monoisotopic (exact) mass is 156 g/mol. The normalized spacial score (nSPS) is 49.6. The van der Waals surface area contributed by atoms with Crippen LogP contribution in [0.5, 0.6) is 0 Å². The average molecular weight is 156 g/mol. The molecule has 0 aromatic rings. The molecule has 0 aromatic carbocycles. The Bertz CT molecular complexity index is 150. The van der Waals surface area contributed by atoms with Crippen molar-refractivity contribution in [1.82, 2.24) is 0 Å². The molecule has 1 spiro atoms. The molecule has 2 heteroatoms. The Morgan fingerprint density at radius 1 is 1.45 bits per heavy atom. The number of aliphatic hydroxyl groups is 1. The second kappa shape index (κ2) is 2.46. The number of rotatable bonds is 1. The summed E-state index contributed by atoms with van der Waals surface area (Å²) >= 11 is 0. The summed E-state index contributed by atoms with van der Waals surface area (Å²) in [7, 11) is 1.79. The molecule has 2 nitrogen and oxygen atoms in total. The molecule has 1 atom stereocenters. The summed E-state index contributed by atoms with van der Waals surface area (Å²) in [6, 6.07) is 0. The van der Waals surface area contributed by atoms with Gasteiger partial charge in [-0.3, -0.25) is 0 Å². The van der Waals surface area contributed by atoms with Crippen LogP contribution in [0.15, 0.2) is 0 Å². The molecule has 0 aliphatic heterocycles. The first-order valence-electron chi connectivity index (χ1n) is 4.48. The molecule has 0 aromatic heterocycles. The SMILES string of the molecule is COC1CCCC12CC(O)C2. The van der Waals surface area contributed by atoms with Gasteiger partial charge in [-0.2, -0.15) is 0 Å². The smallest absolute Gasteiger partial charge is 0.0629 e. The lowest BCUT2D eigenvalue weighted by Gasteiger charge is -2.46. The number of aliphatic hydroxyl groups excluding tert-OH is 1. The zero-order chi connectivity index (χ0) is 7.90. The van der Waals surface area contributed by atoms with E-state index in [9.17, 15) is 5.11 Å². The number of hydrogen-bond acceptors (Lipinski definition) is 2. The van der Waals surface area contributed by atoms with Crippen molar-refractivity contribution in [3.8, 4) is 0 Å². The van der Waals surface area contributed by atoms with Gasteiger partial charge in [-0.15, -0.1) is 0 Å². The molecule has 2 saturated carbocycles. The quantitative estimate of drug-likeness (QED) is 0.620. The van der Waals surface area contributed by atoms with Crippen LogP contribution in [0.1, 0.15) is 32.1 Å². The largest absolute Gasteiger partial charge is 0.393 e. The minimum absolute atomic E-state index is 0.0363. The summed E-state index contributed by atoms with van der Waals surface area (Å²) in [5.41, 5.74) is 0.383. The maximum absolute atomic E-state index is 9.23. The Labute approximate surface area is 67.6 Å². The first-order chi connectivity index (χ1) is 5.27. The zero-order valence-corrected chi connectivity index (χ0v) is 7.05. The van der Waals surface area contributed by atoms with E-state index in [2.05, 4.69) is 0 Å². The Morgan fingerprint density at radius 2 is 2.18 bits per heavy atom. The highest BCUT2D eigenvalue weighted by molar-refractivity contribution is 5.02. The van der Waals surface area contributed by atoms with Gasteiger partial charge in [-0.1, -0.05) is 6.42 Å². The van der Waals surface area contributed by atoms with Crippen LogP contribution in [0.2, 0.25) is 0 Å². The fourth-order valence-corrected chi connectivity index (χ4v) is 2.82. The molecule has 0 amide bonds. The van der Waals surface area contributed by atoms with E-state index in [1.807, 2.05) is 0 Å². The molecule has 11 heavy (non-hydrogen) atoms. The van der Waals surface area contributed by atoms with E-state index in [4.69, 9.17) is 4.74 Å². The fraction of sp³-hybridized carbons (Fsp3) is 1.00. The minimum Gasteiger partial charge on any atom is -0.393 e. The van der Waals surface area contributed by atoms with E-state index in [1.165, 1.54) is 19.3 Å². The molecule has 2 fully saturated rings. The first kappa shape index (κ1) is 7.56. The van der Waals surface area contributed by atoms with Crippen molar-refractivity contribution in [2.24, 2.45) is 5.41 Å². The molecule has 0 bridgehead atoms. The van der Waals surface area contributed by atoms with Crippen LogP contribution in [0, 0.1) is 5.41 Å². The van der Waals surface area contributed by atoms with Gasteiger partial charge in [-0.05, 0) is 25.7 Å². The van der Waals surface area contributed by atoms with Crippen molar-refractivity contribution in [3.05, 3.63) is 0 Å². The predicted molar refractivity (Wildman–Crippen MR) is 42.3 cm³/mol. The summed E-state index contributed by atoms with van der Waals surface area (Å²) in [6.07, 6.45) is 6.10. The summed E-state index contributed by atoms with van der Waals surface area (Å²) < 4.78 is 5.41. The highest BCUT2D eigenvalue weighted by atomic mass is 16.5. The van der Waals surface area contributed by atoms with E-state index < -0.39 is 0 Å². The molecule has 2 rings (SSSR count). The highest BCUT2D eigenvalue weighted by Gasteiger charge is 2.51. The molecule has 2 aliphatic carbocycles. The highest BCUT2D eigenvalue weighted by Crippen LogP contribution is 2.54. The average Bonchev–Trinajstić information content (AvgIpc) is 2.31. The molecule has 0 saturated heterocycles. The lowest BCUT2D eigenvalue weighted by atomic mass is 9.64. The van der Waals surface area contributed by atoms with Gasteiger partial charge in [0.25, 0.3) is 0 Å². The predicted octanol–water partition coefficient (Wildman–Crippen LogP) is 1.33. The maximum Gasteiger partial charge on any atom is 0.0629 e. The molecule has 0 heterocycles. The standard InChI is InChI=1S/C9H16O2/c1-11-8-3-2-4-9(8)5-7(10)6-9/h7-8,10H,2-6H2,1H3. The third-order valence-corrected chi connectivity index (χ3v) is 3.39. The Hall–Kier alpha value is -0.0800. The molecule has 1 unspecified atom stereocenters. The maximum atomic E-state index is 9.23. The van der Waals surface area contributed by atoms with Gasteiger partial charge >= 0.3 is 0 Å². The Balaban J connectivity index is 2.01. The van der Waals surface area contributed by atoms with Crippen molar-refractivity contribution in [1.29, 1.82) is 0 Å². The zero-order valence-electron chi connectivity index (χ0n) is 7.05. The second-order valence-electron chi connectivity index (χ2n) is 4.04. The second-order valence-corrected chi connectivity index (χ2v) is 4.04. The van der Waals surface area contributed by atoms with Crippen LogP contribution in [0.3, 0.4) is 0 Å². The van der Waals surface area contributed by atoms with Crippen LogP contribution >= 0.6 is 0 Å². The van der Waals surface area contributed by atoms with Crippen molar-refractivity contribution < 1.29 is 9.84 Å². The minimum atomic E-state index is -0.0363. The van der Waals surface area contributed by atoms with Crippen LogP contribution in [0.25, 0.3) is 0 Å². The number of ether oxygens (including phenoxy) is 1. The molecular formula is C9H16O2. The van der Waals surface area contributed by atoms with Crippen molar-refractivity contribution >= 4 is 0 Å². The molecular weight excluding hydrogens is 140 g/mol. The van der Waals surface area contributed by atoms with E-state index >= 15 is 0 Å². The first-order valence-corrected chi connectivity index (χ1v) is 4.48. The molecule has 64 valence electrons. The number of methoxy groups -OCH3 is 1. The van der Waals surface area contributed by atoms with E-state index in [-0.39, 0.29) is 6.10 Å². The molecule has 0 radical (unpaired) electrons. The molecule has 2 aliphatic rings. The van der Waals surface area contributed by atoms with Gasteiger partial charge in [0.2, 0.25) is 0 Å². The van der Waals surface area contributed by atoms with Gasteiger partial charge in [0.1, 0.15) is 0 Å². The van der Waals surface area contributed by atoms with E-state index in [0.717, 1.165) is 12.8 Å². The van der Waals surface area contributed by atoms with Gasteiger partial charge in [-0.25, -0.2) is 0 Å². The third kappa shape index (κ3) is 1.00. The van der Waals surface area contributed by atoms with Crippen molar-refractivity contribution in [2.45, 2.75) is 44.3 Å². The summed E-state index contributed by atoms with van der Waals surface area (Å²) in [4.78, 5) is 0. The topological polar surface area (TPSA) is 29.5 Å². The van der Waals surface area contributed by atoms with Crippen LogP contribution in [-0.2, 0) is 4.74 Å². The summed E-state index contributed by atoms with van der Waals surface area (Å²) in [5, 5.41) is 9.23. The van der Waals surface area contributed by atoms with Gasteiger partial charge < -0.3 is 9.84 Å². The van der Waals surface area contributed by atoms with Gasteiger partial charge in [0.15, 0.2) is 0 Å². The third-order valence-electron chi connectivity index (χ3n) is 3.39. The van der Waals surface area contributed by atoms with Crippen LogP contribution < -0.4 is 0 Å². The van der Waals surface area contributed by atoms with Gasteiger partial charge in [0, 0.05) is 12.5 Å². The number of hydrogen-bond donors (Lipinski definition) is 1. The lowest BCUT2D eigenvalue weighted by molar-refractivity contribution is -0.104. The summed E-state index contributed by atoms with van der Waals surface area (Å²) in [6.45, 7) is 0. The lowest BCUT2D eigenvalue weighted by Crippen LogP contribution is -2.46. The Morgan fingerprint density at radius 3 is 2.73 bits per heavy atom. The van der Waals surface area contributed by atoms with Gasteiger partial charge in [0.05, 0.1) is 12.2 Å². The van der Waals surface area contributed by atoms with Crippen LogP contribution in [0.4, 0.5) is 0 Å². The van der Waals surface area contributed by atoms with E-state index in [0.29, 0.717) is 11.5 Å². The van der Waals surface area contributed by atoms with Crippen molar-refractivity contribution in [2.75, 3.05) is 7.11 Å². The summed E-state index contributed by atoms with van der Waals surface area (Å²) in [5.74, 6) is 0. The van der Waals surface area contributed by atoms with E-state index in [1.54, 1.807) is 7.11 Å². The molecule has 1 N–H and O–H groups in total. The van der Waals surface area contributed by atoms with Crippen LogP contribution in [-0.4, -0.2) is 24.4 Å². The van der Waals surface area contributed by atoms with Crippen molar-refractivity contribution in [3.63, 3.8) is 0 Å². The Kier molecular flexibility index (Phi) is 1.69.